The van der Waals surface area contributed by atoms with Crippen LogP contribution in [0.2, 0.25) is 0 Å². The second-order valence-corrected chi connectivity index (χ2v) is 7.14. The van der Waals surface area contributed by atoms with Gasteiger partial charge in [-0.15, -0.1) is 0 Å². The van der Waals surface area contributed by atoms with Gasteiger partial charge in [-0.1, -0.05) is 19.9 Å². The first-order valence-electron chi connectivity index (χ1n) is 8.51. The Morgan fingerprint density at radius 3 is 2.72 bits per heavy atom. The third-order valence-corrected chi connectivity index (χ3v) is 4.13. The predicted molar refractivity (Wildman–Crippen MR) is 99.2 cm³/mol. The number of nitrogens with two attached hydrogens (primary N) is 1. The molecule has 2 rings (SSSR count). The van der Waals surface area contributed by atoms with Crippen molar-refractivity contribution in [3.63, 3.8) is 0 Å². The Morgan fingerprint density at radius 1 is 1.40 bits per heavy atom. The molecular weight excluding hydrogens is 316 g/mol. The monoisotopic (exact) mass is 344 g/mol. The van der Waals surface area contributed by atoms with Crippen LogP contribution in [-0.2, 0) is 0 Å². The number of amides is 1. The maximum atomic E-state index is 12.6. The highest BCUT2D eigenvalue weighted by Crippen LogP contribution is 2.23. The summed E-state index contributed by atoms with van der Waals surface area (Å²) in [6, 6.07) is 7.53. The molecule has 0 saturated carbocycles. The van der Waals surface area contributed by atoms with E-state index in [1.165, 1.54) is 0 Å². The average molecular weight is 344 g/mol. The highest BCUT2D eigenvalue weighted by molar-refractivity contribution is 5.92. The van der Waals surface area contributed by atoms with Gasteiger partial charge in [0.05, 0.1) is 12.6 Å². The molecule has 0 spiro atoms. The molecule has 6 nitrogen and oxygen atoms in total. The highest BCUT2D eigenvalue weighted by Gasteiger charge is 2.27. The molecule has 6 heteroatoms. The molecule has 1 aromatic carbocycles. The summed E-state index contributed by atoms with van der Waals surface area (Å²) in [5, 5.41) is 7.44. The molecule has 136 valence electrons. The molecule has 1 amide bonds. The summed E-state index contributed by atoms with van der Waals surface area (Å²) in [6.45, 7) is 8.56. The van der Waals surface area contributed by atoms with E-state index < -0.39 is 5.54 Å². The van der Waals surface area contributed by atoms with Crippen molar-refractivity contribution in [2.45, 2.75) is 39.7 Å². The van der Waals surface area contributed by atoms with Gasteiger partial charge in [0.25, 0.3) is 5.91 Å². The van der Waals surface area contributed by atoms with Gasteiger partial charge in [0.2, 0.25) is 0 Å². The molecule has 1 atom stereocenters. The van der Waals surface area contributed by atoms with Gasteiger partial charge in [-0.3, -0.25) is 4.79 Å². The van der Waals surface area contributed by atoms with Crippen molar-refractivity contribution in [3.8, 4) is 11.4 Å². The molecule has 1 aromatic heterocycles. The molecule has 0 radical (unpaired) electrons. The number of nitrogens with zero attached hydrogens (tertiary/aromatic N) is 2. The van der Waals surface area contributed by atoms with Crippen molar-refractivity contribution in [1.29, 1.82) is 0 Å². The van der Waals surface area contributed by atoms with E-state index in [0.717, 1.165) is 17.7 Å². The van der Waals surface area contributed by atoms with Crippen LogP contribution in [0.4, 0.5) is 0 Å². The third-order valence-electron chi connectivity index (χ3n) is 4.13. The zero-order valence-corrected chi connectivity index (χ0v) is 15.7. The number of aromatic nitrogens is 2. The molecule has 2 aromatic rings. The topological polar surface area (TPSA) is 82.2 Å². The van der Waals surface area contributed by atoms with Crippen LogP contribution in [0.3, 0.4) is 0 Å². The summed E-state index contributed by atoms with van der Waals surface area (Å²) < 4.78 is 7.04. The van der Waals surface area contributed by atoms with Crippen LogP contribution in [0.15, 0.2) is 30.5 Å². The minimum absolute atomic E-state index is 0.223. The van der Waals surface area contributed by atoms with Crippen molar-refractivity contribution >= 4 is 5.91 Å². The molecule has 0 fully saturated rings. The first-order chi connectivity index (χ1) is 11.8. The first kappa shape index (κ1) is 19.0. The molecule has 0 aliphatic rings. The van der Waals surface area contributed by atoms with Crippen LogP contribution in [0.5, 0.6) is 5.75 Å². The van der Waals surface area contributed by atoms with Gasteiger partial charge < -0.3 is 15.8 Å². The number of rotatable bonds is 7. The number of nitrogens with one attached hydrogen (secondary N) is 1. The fraction of sp³-hybridized carbons (Fsp3) is 0.474. The number of aryl methyl sites for hydroxylation is 1. The molecule has 1 unspecified atom stereocenters. The Balaban J connectivity index is 2.24. The second-order valence-electron chi connectivity index (χ2n) is 7.14. The Morgan fingerprint density at radius 2 is 2.12 bits per heavy atom. The number of benzene rings is 1. The van der Waals surface area contributed by atoms with E-state index in [1.807, 2.05) is 32.0 Å². The Hall–Kier alpha value is -2.34. The predicted octanol–water partition coefficient (Wildman–Crippen LogP) is 2.68. The summed E-state index contributed by atoms with van der Waals surface area (Å²) in [7, 11) is 1.61. The summed E-state index contributed by atoms with van der Waals surface area (Å²) in [4.78, 5) is 12.6. The lowest BCUT2D eigenvalue weighted by molar-refractivity contribution is 0.0892. The largest absolute Gasteiger partial charge is 0.494 e. The summed E-state index contributed by atoms with van der Waals surface area (Å²) >= 11 is 0. The molecule has 25 heavy (non-hydrogen) atoms. The van der Waals surface area contributed by atoms with Gasteiger partial charge in [0.15, 0.2) is 5.69 Å². The molecule has 0 saturated heterocycles. The fourth-order valence-corrected chi connectivity index (χ4v) is 2.98. The summed E-state index contributed by atoms with van der Waals surface area (Å²) in [5.41, 5.74) is 7.67. The standard InChI is InChI=1S/C19H28N4O2/c1-13(2)11-19(4,12-20)21-18(24)15-8-9-23(22-15)16-10-14(3)6-7-17(16)25-5/h6-10,13H,11-12,20H2,1-5H3,(H,21,24). The maximum Gasteiger partial charge on any atom is 0.272 e. The van der Waals surface area contributed by atoms with Crippen molar-refractivity contribution in [2.24, 2.45) is 11.7 Å². The number of carbonyl (C=O) groups excluding carboxylic acids is 1. The van der Waals surface area contributed by atoms with E-state index in [-0.39, 0.29) is 5.91 Å². The van der Waals surface area contributed by atoms with Crippen LogP contribution in [0, 0.1) is 12.8 Å². The molecule has 0 bridgehead atoms. The number of hydrogen-bond acceptors (Lipinski definition) is 4. The van der Waals surface area contributed by atoms with Crippen molar-refractivity contribution < 1.29 is 9.53 Å². The Labute approximate surface area is 149 Å². The number of methoxy groups -OCH3 is 1. The summed E-state index contributed by atoms with van der Waals surface area (Å²) in [6.07, 6.45) is 2.57. The molecule has 0 aliphatic carbocycles. The van der Waals surface area contributed by atoms with Gasteiger partial charge in [-0.05, 0) is 49.9 Å². The van der Waals surface area contributed by atoms with E-state index in [2.05, 4.69) is 24.3 Å². The van der Waals surface area contributed by atoms with E-state index in [4.69, 9.17) is 10.5 Å². The van der Waals surface area contributed by atoms with Crippen LogP contribution >= 0.6 is 0 Å². The van der Waals surface area contributed by atoms with E-state index in [1.54, 1.807) is 24.1 Å². The average Bonchev–Trinajstić information content (AvgIpc) is 3.04. The zero-order chi connectivity index (χ0) is 18.6. The first-order valence-corrected chi connectivity index (χ1v) is 8.51. The number of carbonyl (C=O) groups is 1. The van der Waals surface area contributed by atoms with Crippen LogP contribution in [0.25, 0.3) is 5.69 Å². The van der Waals surface area contributed by atoms with Gasteiger partial charge in [0, 0.05) is 12.7 Å². The van der Waals surface area contributed by atoms with Gasteiger partial charge in [-0.25, -0.2) is 4.68 Å². The van der Waals surface area contributed by atoms with Gasteiger partial charge in [0.1, 0.15) is 11.4 Å². The normalized spacial score (nSPS) is 13.6. The second kappa shape index (κ2) is 7.70. The van der Waals surface area contributed by atoms with Crippen molar-refractivity contribution in [3.05, 3.63) is 41.7 Å². The van der Waals surface area contributed by atoms with Gasteiger partial charge >= 0.3 is 0 Å². The Bertz CT molecular complexity index is 739. The van der Waals surface area contributed by atoms with Crippen molar-refractivity contribution in [1.82, 2.24) is 15.1 Å². The lowest BCUT2D eigenvalue weighted by atomic mass is 9.90. The minimum Gasteiger partial charge on any atom is -0.494 e. The van der Waals surface area contributed by atoms with E-state index in [0.29, 0.717) is 23.9 Å². The smallest absolute Gasteiger partial charge is 0.272 e. The molecule has 3 N–H and O–H groups in total. The lowest BCUT2D eigenvalue weighted by Gasteiger charge is -2.30. The van der Waals surface area contributed by atoms with E-state index in [9.17, 15) is 4.79 Å². The minimum atomic E-state index is -0.448. The quantitative estimate of drug-likeness (QED) is 0.809. The maximum absolute atomic E-state index is 12.6. The number of ether oxygens (including phenoxy) is 1. The summed E-state index contributed by atoms with van der Waals surface area (Å²) in [5.74, 6) is 0.911. The molecule has 1 heterocycles. The third kappa shape index (κ3) is 4.60. The number of hydrogen-bond donors (Lipinski definition) is 2. The zero-order valence-electron chi connectivity index (χ0n) is 15.7. The van der Waals surface area contributed by atoms with Gasteiger partial charge in [-0.2, -0.15) is 5.10 Å². The SMILES string of the molecule is COc1ccc(C)cc1-n1ccc(C(=O)NC(C)(CN)CC(C)C)n1. The fourth-order valence-electron chi connectivity index (χ4n) is 2.98. The highest BCUT2D eigenvalue weighted by atomic mass is 16.5. The van der Waals surface area contributed by atoms with Crippen LogP contribution in [-0.4, -0.2) is 34.9 Å². The molecular formula is C19H28N4O2. The van der Waals surface area contributed by atoms with E-state index >= 15 is 0 Å². The van der Waals surface area contributed by atoms with Crippen LogP contribution in [0.1, 0.15) is 43.2 Å². The van der Waals surface area contributed by atoms with Crippen LogP contribution < -0.4 is 15.8 Å². The molecule has 0 aliphatic heterocycles. The van der Waals surface area contributed by atoms with Crippen molar-refractivity contribution in [2.75, 3.05) is 13.7 Å². The lowest BCUT2D eigenvalue weighted by Crippen LogP contribution is -2.52. The Kier molecular flexibility index (Phi) is 5.85.